The maximum atomic E-state index is 13.9. The number of aromatic nitrogens is 1. The molecule has 10 heteroatoms. The summed E-state index contributed by atoms with van der Waals surface area (Å²) < 4.78 is 0. The highest BCUT2D eigenvalue weighted by Gasteiger charge is 2.63. The van der Waals surface area contributed by atoms with Gasteiger partial charge in [-0.15, -0.1) is 0 Å². The molecule has 40 heavy (non-hydrogen) atoms. The maximum absolute atomic E-state index is 13.9. The van der Waals surface area contributed by atoms with E-state index in [1.807, 2.05) is 30.3 Å². The summed E-state index contributed by atoms with van der Waals surface area (Å²) in [6.07, 6.45) is 1.92. The molecule has 4 atom stereocenters. The third-order valence-electron chi connectivity index (χ3n) is 8.51. The number of rotatable bonds is 3. The van der Waals surface area contributed by atoms with Crippen molar-refractivity contribution in [3.8, 4) is 16.9 Å². The van der Waals surface area contributed by atoms with Crippen LogP contribution < -0.4 is 5.73 Å². The van der Waals surface area contributed by atoms with Crippen LogP contribution in [0.5, 0.6) is 5.75 Å². The molecule has 204 valence electrons. The second-order valence-electron chi connectivity index (χ2n) is 10.9. The first-order valence-corrected chi connectivity index (χ1v) is 12.8. The van der Waals surface area contributed by atoms with E-state index < -0.39 is 58.0 Å². The molecule has 0 aliphatic heterocycles. The number of aliphatic hydroxyl groups excluding tert-OH is 2. The first-order chi connectivity index (χ1) is 19.0. The van der Waals surface area contributed by atoms with Crippen LogP contribution in [0.4, 0.5) is 0 Å². The molecule has 1 aromatic heterocycles. The molecule has 0 saturated heterocycles. The lowest BCUT2D eigenvalue weighted by atomic mass is 9.58. The summed E-state index contributed by atoms with van der Waals surface area (Å²) in [4.78, 5) is 45.5. The fourth-order valence-corrected chi connectivity index (χ4v) is 6.74. The Labute approximate surface area is 228 Å². The smallest absolute Gasteiger partial charge is 0.255 e. The number of allylic oxidation sites excluding steroid dienone is 1. The Kier molecular flexibility index (Phi) is 5.62. The van der Waals surface area contributed by atoms with Crippen LogP contribution in [-0.4, -0.2) is 73.5 Å². The number of phenolic OH excluding ortho intramolecular Hbond substituents is 1. The minimum Gasteiger partial charge on any atom is -0.510 e. The van der Waals surface area contributed by atoms with Crippen molar-refractivity contribution in [1.82, 2.24) is 9.88 Å². The molecule has 1 amide bonds. The van der Waals surface area contributed by atoms with Gasteiger partial charge in [0.25, 0.3) is 5.91 Å². The number of benzene rings is 2. The van der Waals surface area contributed by atoms with Gasteiger partial charge in [-0.25, -0.2) is 0 Å². The molecule has 0 radical (unpaired) electrons. The number of likely N-dealkylation sites (N-methyl/N-ethyl adjacent to an activating group) is 1. The Morgan fingerprint density at radius 1 is 1.10 bits per heavy atom. The minimum absolute atomic E-state index is 0.0246. The molecular weight excluding hydrogens is 514 g/mol. The zero-order valence-corrected chi connectivity index (χ0v) is 21.8. The number of carbonyl (C=O) groups is 3. The van der Waals surface area contributed by atoms with Crippen molar-refractivity contribution in [3.63, 3.8) is 0 Å². The van der Waals surface area contributed by atoms with Gasteiger partial charge in [-0.05, 0) is 62.2 Å². The van der Waals surface area contributed by atoms with Crippen molar-refractivity contribution in [2.75, 3.05) is 14.1 Å². The number of primary amides is 1. The van der Waals surface area contributed by atoms with E-state index in [0.29, 0.717) is 11.1 Å². The van der Waals surface area contributed by atoms with Crippen LogP contribution in [0, 0.1) is 11.8 Å². The zero-order valence-electron chi connectivity index (χ0n) is 21.8. The lowest BCUT2D eigenvalue weighted by Crippen LogP contribution is -2.63. The Balaban J connectivity index is 1.54. The van der Waals surface area contributed by atoms with Crippen LogP contribution in [0.2, 0.25) is 0 Å². The third-order valence-corrected chi connectivity index (χ3v) is 8.51. The molecule has 6 N–H and O–H groups in total. The largest absolute Gasteiger partial charge is 0.510 e. The van der Waals surface area contributed by atoms with E-state index in [4.69, 9.17) is 5.73 Å². The van der Waals surface area contributed by atoms with Gasteiger partial charge in [-0.2, -0.15) is 0 Å². The Morgan fingerprint density at radius 3 is 2.52 bits per heavy atom. The summed E-state index contributed by atoms with van der Waals surface area (Å²) in [5.41, 5.74) is 4.42. The van der Waals surface area contributed by atoms with Crippen molar-refractivity contribution in [3.05, 3.63) is 82.5 Å². The molecule has 0 fully saturated rings. The van der Waals surface area contributed by atoms with Gasteiger partial charge in [0, 0.05) is 28.6 Å². The Morgan fingerprint density at radius 2 is 1.82 bits per heavy atom. The van der Waals surface area contributed by atoms with Crippen molar-refractivity contribution in [2.24, 2.45) is 17.6 Å². The SMILES string of the molecule is CN(C)[C@@H]1C(O)=C(C(N)=O)C(=O)[C@@]2(O)C(O)=C3C(=O)c4c(O)ccc(-c5cnc6ccccc6c5)c4C[C@H]3C[C@@H]12. The van der Waals surface area contributed by atoms with Gasteiger partial charge in [0.1, 0.15) is 22.8 Å². The highest BCUT2D eigenvalue weighted by atomic mass is 16.3. The summed E-state index contributed by atoms with van der Waals surface area (Å²) in [5, 5.41) is 45.7. The van der Waals surface area contributed by atoms with Gasteiger partial charge >= 0.3 is 0 Å². The van der Waals surface area contributed by atoms with Crippen LogP contribution >= 0.6 is 0 Å². The average Bonchev–Trinajstić information content (AvgIpc) is 2.90. The number of ketones is 2. The monoisotopic (exact) mass is 541 g/mol. The second-order valence-corrected chi connectivity index (χ2v) is 10.9. The van der Waals surface area contributed by atoms with E-state index in [9.17, 15) is 34.8 Å². The quantitative estimate of drug-likeness (QED) is 0.312. The standard InChI is InChI=1S/C30H27N3O7/c1-33(2)24-18-11-14-10-17-16(15-9-13-5-3-4-6-19(13)32-12-15)7-8-20(34)22(17)25(35)21(14)27(37)30(18,40)28(38)23(26(24)36)29(31)39/h3-9,12,14,18,24,34,36-37,40H,10-11H2,1-2H3,(H2,31,39)/t14-,18-,24-,30-/m0/s1. The lowest BCUT2D eigenvalue weighted by molar-refractivity contribution is -0.148. The average molecular weight is 542 g/mol. The molecule has 3 aliphatic carbocycles. The summed E-state index contributed by atoms with van der Waals surface area (Å²) in [5.74, 6) is -6.77. The normalized spacial score (nSPS) is 26.1. The number of fused-ring (bicyclic) bond motifs is 4. The number of hydrogen-bond donors (Lipinski definition) is 5. The van der Waals surface area contributed by atoms with Gasteiger partial charge < -0.3 is 26.2 Å². The van der Waals surface area contributed by atoms with Crippen LogP contribution in [0.15, 0.2) is 71.3 Å². The number of amides is 1. The first-order valence-electron chi connectivity index (χ1n) is 12.8. The second kappa shape index (κ2) is 8.73. The molecular formula is C30H27N3O7. The van der Waals surface area contributed by atoms with E-state index in [0.717, 1.165) is 16.5 Å². The number of para-hydroxylation sites is 1. The highest BCUT2D eigenvalue weighted by Crippen LogP contribution is 2.53. The number of phenols is 1. The third kappa shape index (κ3) is 3.36. The molecule has 6 rings (SSSR count). The summed E-state index contributed by atoms with van der Waals surface area (Å²) in [6, 6.07) is 11.6. The van der Waals surface area contributed by atoms with Gasteiger partial charge in [0.2, 0.25) is 5.78 Å². The van der Waals surface area contributed by atoms with E-state index in [-0.39, 0.29) is 29.7 Å². The van der Waals surface area contributed by atoms with Gasteiger partial charge in [-0.1, -0.05) is 24.3 Å². The summed E-state index contributed by atoms with van der Waals surface area (Å²) in [6.45, 7) is 0. The van der Waals surface area contributed by atoms with Gasteiger partial charge in [0.15, 0.2) is 11.4 Å². The highest BCUT2D eigenvalue weighted by molar-refractivity contribution is 6.25. The topological polar surface area (TPSA) is 174 Å². The number of nitrogens with two attached hydrogens (primary N) is 1. The molecule has 0 unspecified atom stereocenters. The molecule has 2 aromatic carbocycles. The van der Waals surface area contributed by atoms with Crippen LogP contribution in [0.25, 0.3) is 22.0 Å². The predicted octanol–water partition coefficient (Wildman–Crippen LogP) is 2.34. The maximum Gasteiger partial charge on any atom is 0.255 e. The van der Waals surface area contributed by atoms with Crippen LogP contribution in [0.3, 0.4) is 0 Å². The van der Waals surface area contributed by atoms with Crippen molar-refractivity contribution in [1.29, 1.82) is 0 Å². The fourth-order valence-electron chi connectivity index (χ4n) is 6.74. The minimum atomic E-state index is -2.67. The van der Waals surface area contributed by atoms with Crippen LogP contribution in [0.1, 0.15) is 22.3 Å². The molecule has 0 bridgehead atoms. The molecule has 3 aromatic rings. The van der Waals surface area contributed by atoms with E-state index >= 15 is 0 Å². The molecule has 0 spiro atoms. The predicted molar refractivity (Wildman–Crippen MR) is 144 cm³/mol. The number of nitrogens with zero attached hydrogens (tertiary/aromatic N) is 2. The van der Waals surface area contributed by atoms with Gasteiger partial charge in [-0.3, -0.25) is 24.3 Å². The van der Waals surface area contributed by atoms with Crippen molar-refractivity contribution in [2.45, 2.75) is 24.5 Å². The Hall–Kier alpha value is -4.54. The number of Topliss-reactive ketones (excluding diaryl/α,β-unsaturated/α-hetero) is 2. The van der Waals surface area contributed by atoms with E-state index in [1.165, 1.54) is 11.0 Å². The van der Waals surface area contributed by atoms with E-state index in [1.54, 1.807) is 26.4 Å². The first kappa shape index (κ1) is 25.7. The number of aliphatic hydroxyl groups is 3. The fraction of sp³-hybridized carbons (Fsp3) is 0.267. The Bertz CT molecular complexity index is 1720. The molecule has 3 aliphatic rings. The van der Waals surface area contributed by atoms with Crippen LogP contribution in [-0.2, 0) is 16.0 Å². The van der Waals surface area contributed by atoms with Gasteiger partial charge in [0.05, 0.1) is 17.1 Å². The zero-order chi connectivity index (χ0) is 28.7. The molecule has 0 saturated carbocycles. The number of pyridine rings is 1. The molecule has 10 nitrogen and oxygen atoms in total. The summed E-state index contributed by atoms with van der Waals surface area (Å²) in [7, 11) is 3.19. The number of hydrogen-bond acceptors (Lipinski definition) is 9. The number of carbonyl (C=O) groups excluding carboxylic acids is 3. The van der Waals surface area contributed by atoms with Crippen molar-refractivity contribution < 1.29 is 34.8 Å². The number of aromatic hydroxyl groups is 1. The van der Waals surface area contributed by atoms with Crippen molar-refractivity contribution >= 4 is 28.4 Å². The molecule has 1 heterocycles. The summed E-state index contributed by atoms with van der Waals surface area (Å²) >= 11 is 0. The lowest BCUT2D eigenvalue weighted by Gasteiger charge is -2.50. The van der Waals surface area contributed by atoms with E-state index in [2.05, 4.69) is 4.98 Å².